The first kappa shape index (κ1) is 15.4. The number of aromatic hydroxyl groups is 1. The second-order valence-electron chi connectivity index (χ2n) is 6.18. The van der Waals surface area contributed by atoms with Crippen LogP contribution in [0.1, 0.15) is 47.4 Å². The molecular weight excluding hydrogens is 322 g/mol. The Labute approximate surface area is 143 Å². The zero-order chi connectivity index (χ0) is 17.4. The van der Waals surface area contributed by atoms with Crippen LogP contribution in [0.4, 0.5) is 11.7 Å². The number of carbonyl (C=O) groups is 1. The number of hydrogen-bond acceptors (Lipinski definition) is 6. The normalized spacial score (nSPS) is 18.0. The van der Waals surface area contributed by atoms with Crippen LogP contribution in [0.15, 0.2) is 27.7 Å². The molecule has 7 nitrogen and oxygen atoms in total. The number of aliphatic imine (C=N–C) groups is 1. The summed E-state index contributed by atoms with van der Waals surface area (Å²) in [5.41, 5.74) is 1.28. The molecule has 3 heterocycles. The van der Waals surface area contributed by atoms with E-state index in [1.165, 1.54) is 0 Å². The van der Waals surface area contributed by atoms with E-state index in [0.29, 0.717) is 11.4 Å². The summed E-state index contributed by atoms with van der Waals surface area (Å²) in [7, 11) is 0. The number of fused-ring (bicyclic) bond motifs is 1. The number of allylic oxidation sites excluding steroid dienone is 1. The maximum atomic E-state index is 11.5. The summed E-state index contributed by atoms with van der Waals surface area (Å²) in [6.45, 7) is 0. The van der Waals surface area contributed by atoms with Crippen LogP contribution in [0.3, 0.4) is 0 Å². The van der Waals surface area contributed by atoms with E-state index in [2.05, 4.69) is 15.3 Å². The minimum Gasteiger partial charge on any atom is -0.504 e. The van der Waals surface area contributed by atoms with Crippen LogP contribution in [-0.4, -0.2) is 33.4 Å². The van der Waals surface area contributed by atoms with Crippen LogP contribution in [0.5, 0.6) is 5.75 Å². The Kier molecular flexibility index (Phi) is 3.76. The topological polar surface area (TPSA) is 108 Å². The molecule has 3 N–H and O–H groups in total. The Morgan fingerprint density at radius 2 is 2.16 bits per heavy atom. The molecule has 25 heavy (non-hydrogen) atoms. The predicted molar refractivity (Wildman–Crippen MR) is 93.5 cm³/mol. The van der Waals surface area contributed by atoms with Crippen LogP contribution in [0.25, 0.3) is 11.6 Å². The molecule has 2 aromatic rings. The number of pyridine rings is 1. The van der Waals surface area contributed by atoms with Crippen molar-refractivity contribution >= 4 is 35.5 Å². The number of anilines is 1. The minimum atomic E-state index is -1.23. The highest BCUT2D eigenvalue weighted by Gasteiger charge is 2.28. The van der Waals surface area contributed by atoms with Crippen LogP contribution in [0.2, 0.25) is 0 Å². The molecule has 2 aromatic heterocycles. The van der Waals surface area contributed by atoms with Crippen molar-refractivity contribution in [2.75, 3.05) is 5.32 Å². The van der Waals surface area contributed by atoms with Crippen molar-refractivity contribution in [2.24, 2.45) is 4.99 Å². The molecule has 4 rings (SSSR count). The summed E-state index contributed by atoms with van der Waals surface area (Å²) < 4.78 is 5.65. The number of nitrogens with one attached hydrogen (secondary N) is 1. The van der Waals surface area contributed by atoms with Gasteiger partial charge in [-0.3, -0.25) is 0 Å². The molecule has 0 atom stereocenters. The molecule has 2 aliphatic rings. The first-order valence-corrected chi connectivity index (χ1v) is 8.20. The summed E-state index contributed by atoms with van der Waals surface area (Å²) in [5.74, 6) is -0.830. The van der Waals surface area contributed by atoms with Gasteiger partial charge in [-0.05, 0) is 31.1 Å². The zero-order valence-corrected chi connectivity index (χ0v) is 13.4. The fraction of sp³-hybridized carbons (Fsp3) is 0.278. The molecular formula is C18H17N3O4. The number of aromatic nitrogens is 1. The van der Waals surface area contributed by atoms with Crippen molar-refractivity contribution in [3.8, 4) is 5.75 Å². The molecule has 0 saturated heterocycles. The first-order valence-electron chi connectivity index (χ1n) is 8.20. The summed E-state index contributed by atoms with van der Waals surface area (Å²) in [5, 5.41) is 22.9. The highest BCUT2D eigenvalue weighted by Crippen LogP contribution is 2.38. The van der Waals surface area contributed by atoms with Crippen molar-refractivity contribution in [3.05, 3.63) is 35.2 Å². The van der Waals surface area contributed by atoms with Gasteiger partial charge in [0.05, 0.1) is 0 Å². The minimum absolute atomic E-state index is 0.0936. The third kappa shape index (κ3) is 2.77. The lowest BCUT2D eigenvalue weighted by molar-refractivity contribution is 0.0694. The number of hydrogen-bond donors (Lipinski definition) is 3. The molecule has 0 spiro atoms. The molecule has 0 radical (unpaired) electrons. The monoisotopic (exact) mass is 339 g/mol. The number of aromatic carboxylic acids is 1. The zero-order valence-electron chi connectivity index (χ0n) is 13.4. The van der Waals surface area contributed by atoms with Gasteiger partial charge >= 0.3 is 5.97 Å². The largest absolute Gasteiger partial charge is 0.504 e. The van der Waals surface area contributed by atoms with E-state index in [0.717, 1.165) is 31.2 Å². The van der Waals surface area contributed by atoms with Crippen molar-refractivity contribution in [3.63, 3.8) is 0 Å². The number of rotatable bonds is 4. The number of carboxylic acid groups (broad SMARTS) is 1. The highest BCUT2D eigenvalue weighted by molar-refractivity contribution is 6.21. The standard InChI is InChI=1S/C18H17N3O4/c22-15-13(8-10-9-20-16-12(10)6-3-7-19-16)25-17(14(15)18(23)24)21-11-4-1-2-5-11/h3,6-9,11,21-22H,1-2,4-5H2,(H,23,24). The Morgan fingerprint density at radius 1 is 1.36 bits per heavy atom. The second-order valence-corrected chi connectivity index (χ2v) is 6.18. The van der Waals surface area contributed by atoms with E-state index >= 15 is 0 Å². The average molecular weight is 339 g/mol. The van der Waals surface area contributed by atoms with Gasteiger partial charge in [-0.25, -0.2) is 14.8 Å². The Morgan fingerprint density at radius 3 is 2.92 bits per heavy atom. The van der Waals surface area contributed by atoms with E-state index in [1.54, 1.807) is 24.6 Å². The summed E-state index contributed by atoms with van der Waals surface area (Å²) in [4.78, 5) is 19.9. The van der Waals surface area contributed by atoms with Crippen molar-refractivity contribution in [1.82, 2.24) is 4.98 Å². The van der Waals surface area contributed by atoms with Gasteiger partial charge in [0.15, 0.2) is 22.9 Å². The Balaban J connectivity index is 1.72. The van der Waals surface area contributed by atoms with Crippen LogP contribution >= 0.6 is 0 Å². The fourth-order valence-electron chi connectivity index (χ4n) is 3.28. The highest BCUT2D eigenvalue weighted by atomic mass is 16.4. The smallest absolute Gasteiger partial charge is 0.345 e. The van der Waals surface area contributed by atoms with Gasteiger partial charge in [-0.1, -0.05) is 12.8 Å². The molecule has 1 fully saturated rings. The molecule has 128 valence electrons. The lowest BCUT2D eigenvalue weighted by atomic mass is 10.1. The number of furan rings is 1. The van der Waals surface area contributed by atoms with Gasteiger partial charge in [0.25, 0.3) is 0 Å². The molecule has 1 saturated carbocycles. The molecule has 1 aliphatic carbocycles. The van der Waals surface area contributed by atoms with E-state index in [-0.39, 0.29) is 29.0 Å². The van der Waals surface area contributed by atoms with E-state index < -0.39 is 5.97 Å². The lowest BCUT2D eigenvalue weighted by Crippen LogP contribution is -2.15. The molecule has 7 heteroatoms. The van der Waals surface area contributed by atoms with Gasteiger partial charge in [0.2, 0.25) is 5.88 Å². The predicted octanol–water partition coefficient (Wildman–Crippen LogP) is 3.69. The summed E-state index contributed by atoms with van der Waals surface area (Å²) in [6.07, 6.45) is 8.97. The van der Waals surface area contributed by atoms with E-state index in [1.807, 2.05) is 6.07 Å². The number of carboxylic acids is 1. The molecule has 0 amide bonds. The molecule has 0 aromatic carbocycles. The van der Waals surface area contributed by atoms with E-state index in [9.17, 15) is 15.0 Å². The third-order valence-corrected chi connectivity index (χ3v) is 4.52. The maximum absolute atomic E-state index is 11.5. The van der Waals surface area contributed by atoms with Gasteiger partial charge in [-0.2, -0.15) is 0 Å². The fourth-order valence-corrected chi connectivity index (χ4v) is 3.28. The van der Waals surface area contributed by atoms with Gasteiger partial charge < -0.3 is 19.9 Å². The summed E-state index contributed by atoms with van der Waals surface area (Å²) in [6, 6.07) is 3.82. The summed E-state index contributed by atoms with van der Waals surface area (Å²) >= 11 is 0. The Hall–Kier alpha value is -3.09. The molecule has 0 bridgehead atoms. The van der Waals surface area contributed by atoms with Gasteiger partial charge in [0.1, 0.15) is 0 Å². The van der Waals surface area contributed by atoms with Crippen molar-refractivity contribution < 1.29 is 19.4 Å². The quantitative estimate of drug-likeness (QED) is 0.784. The average Bonchev–Trinajstić information content (AvgIpc) is 3.30. The van der Waals surface area contributed by atoms with Crippen molar-refractivity contribution in [1.29, 1.82) is 0 Å². The van der Waals surface area contributed by atoms with Gasteiger partial charge in [-0.15, -0.1) is 0 Å². The van der Waals surface area contributed by atoms with Crippen LogP contribution < -0.4 is 5.32 Å². The van der Waals surface area contributed by atoms with Crippen LogP contribution in [0, 0.1) is 0 Å². The maximum Gasteiger partial charge on any atom is 0.345 e. The van der Waals surface area contributed by atoms with Crippen molar-refractivity contribution in [2.45, 2.75) is 31.7 Å². The van der Waals surface area contributed by atoms with Gasteiger partial charge in [0, 0.05) is 29.6 Å². The van der Waals surface area contributed by atoms with E-state index in [4.69, 9.17) is 4.42 Å². The number of nitrogens with zero attached hydrogens (tertiary/aromatic N) is 2. The molecule has 1 aliphatic heterocycles. The first-order chi connectivity index (χ1) is 12.1. The second kappa shape index (κ2) is 6.08. The lowest BCUT2D eigenvalue weighted by Gasteiger charge is -2.10. The molecule has 0 unspecified atom stereocenters. The third-order valence-electron chi connectivity index (χ3n) is 4.52. The van der Waals surface area contributed by atoms with Crippen LogP contribution in [-0.2, 0) is 0 Å². The Bertz CT molecular complexity index is 892. The SMILES string of the molecule is O=C(O)c1c(NC2CCCC2)oc(C=C2C=Nc3ncccc32)c1O.